The average molecular weight is 378 g/mol. The highest BCUT2D eigenvalue weighted by molar-refractivity contribution is 5.94. The lowest BCUT2D eigenvalue weighted by molar-refractivity contribution is 0.0930. The molecule has 2 heterocycles. The van der Waals surface area contributed by atoms with Crippen molar-refractivity contribution in [1.29, 1.82) is 0 Å². The predicted octanol–water partition coefficient (Wildman–Crippen LogP) is 2.59. The Kier molecular flexibility index (Phi) is 6.18. The fourth-order valence-electron chi connectivity index (χ4n) is 2.86. The van der Waals surface area contributed by atoms with Gasteiger partial charge in [-0.3, -0.25) is 4.79 Å². The Labute approximate surface area is 163 Å². The van der Waals surface area contributed by atoms with Gasteiger partial charge in [-0.25, -0.2) is 9.97 Å². The average Bonchev–Trinajstić information content (AvgIpc) is 2.74. The van der Waals surface area contributed by atoms with E-state index in [-0.39, 0.29) is 12.5 Å². The second-order valence-electron chi connectivity index (χ2n) is 6.20. The van der Waals surface area contributed by atoms with Crippen LogP contribution >= 0.6 is 0 Å². The molecule has 0 saturated heterocycles. The summed E-state index contributed by atoms with van der Waals surface area (Å²) < 4.78 is 5.08. The minimum absolute atomic E-state index is 0.0798. The van der Waals surface area contributed by atoms with E-state index in [4.69, 9.17) is 10.5 Å². The number of nitrogens with one attached hydrogen (secondary N) is 1. The van der Waals surface area contributed by atoms with Crippen LogP contribution in [0.4, 0.5) is 5.82 Å². The zero-order valence-electron chi connectivity index (χ0n) is 15.5. The lowest BCUT2D eigenvalue weighted by Crippen LogP contribution is -2.29. The van der Waals surface area contributed by atoms with E-state index in [1.54, 1.807) is 49.8 Å². The van der Waals surface area contributed by atoms with E-state index in [2.05, 4.69) is 15.3 Å². The highest BCUT2D eigenvalue weighted by Gasteiger charge is 2.18. The number of methoxy groups -OCH3 is 1. The van der Waals surface area contributed by atoms with Crippen molar-refractivity contribution in [2.24, 2.45) is 0 Å². The van der Waals surface area contributed by atoms with E-state index in [1.807, 2.05) is 18.2 Å². The number of pyridine rings is 2. The molecular weight excluding hydrogens is 356 g/mol. The molecule has 0 aliphatic heterocycles. The highest BCUT2D eigenvalue weighted by atomic mass is 16.5. The van der Waals surface area contributed by atoms with Crippen LogP contribution in [0.3, 0.4) is 0 Å². The summed E-state index contributed by atoms with van der Waals surface area (Å²) in [7, 11) is 1.55. The number of ether oxygens (including phenoxy) is 1. The van der Waals surface area contributed by atoms with E-state index in [9.17, 15) is 9.90 Å². The molecule has 2 aromatic heterocycles. The smallest absolute Gasteiger partial charge is 0.251 e. The molecule has 0 aliphatic rings. The molecule has 1 unspecified atom stereocenters. The number of aliphatic hydroxyl groups is 1. The van der Waals surface area contributed by atoms with Gasteiger partial charge in [-0.1, -0.05) is 18.2 Å². The lowest BCUT2D eigenvalue weighted by atomic mass is 10.0. The molecule has 0 spiro atoms. The summed E-state index contributed by atoms with van der Waals surface area (Å²) in [4.78, 5) is 21.0. The summed E-state index contributed by atoms with van der Waals surface area (Å²) in [6.07, 6.45) is 3.62. The van der Waals surface area contributed by atoms with Gasteiger partial charge in [-0.15, -0.1) is 0 Å². The Balaban J connectivity index is 1.89. The number of nitrogens with zero attached hydrogens (tertiary/aromatic N) is 2. The third kappa shape index (κ3) is 4.44. The van der Waals surface area contributed by atoms with Crippen molar-refractivity contribution in [2.45, 2.75) is 12.5 Å². The Bertz CT molecular complexity index is 930. The minimum atomic E-state index is -0.407. The molecule has 0 saturated carbocycles. The monoisotopic (exact) mass is 378 g/mol. The van der Waals surface area contributed by atoms with E-state index in [0.717, 1.165) is 11.1 Å². The van der Waals surface area contributed by atoms with Crippen molar-refractivity contribution >= 4 is 11.7 Å². The Morgan fingerprint density at radius 2 is 1.96 bits per heavy atom. The molecule has 1 atom stereocenters. The van der Waals surface area contributed by atoms with Crippen LogP contribution in [-0.4, -0.2) is 34.7 Å². The number of nitrogen functional groups attached to an aromatic ring is 1. The van der Waals surface area contributed by atoms with E-state index < -0.39 is 6.04 Å². The number of carbonyl (C=O) groups is 1. The van der Waals surface area contributed by atoms with Crippen LogP contribution in [0.25, 0.3) is 11.1 Å². The zero-order valence-corrected chi connectivity index (χ0v) is 15.5. The molecule has 28 heavy (non-hydrogen) atoms. The molecule has 3 aromatic rings. The minimum Gasteiger partial charge on any atom is -0.481 e. The van der Waals surface area contributed by atoms with E-state index in [1.165, 1.54) is 0 Å². The number of hydrogen-bond donors (Lipinski definition) is 3. The molecule has 0 bridgehead atoms. The van der Waals surface area contributed by atoms with Gasteiger partial charge in [-0.2, -0.15) is 0 Å². The van der Waals surface area contributed by atoms with Gasteiger partial charge in [0.15, 0.2) is 0 Å². The van der Waals surface area contributed by atoms with Crippen LogP contribution in [0.15, 0.2) is 60.9 Å². The summed E-state index contributed by atoms with van der Waals surface area (Å²) in [5.74, 6) is 0.635. The lowest BCUT2D eigenvalue weighted by Gasteiger charge is -2.19. The standard InChI is InChI=1S/C21H22N4O3/c1-28-19-8-7-15(12-23-19)17-11-16(13-24-20(17)22)18(9-10-26)25-21(27)14-5-3-2-4-6-14/h2-8,11-13,18,26H,9-10H2,1H3,(H2,22,24)(H,25,27). The number of nitrogens with two attached hydrogens (primary N) is 1. The molecule has 3 rings (SSSR count). The molecule has 0 aliphatic carbocycles. The van der Waals surface area contributed by atoms with Gasteiger partial charge in [0, 0.05) is 41.8 Å². The van der Waals surface area contributed by atoms with Gasteiger partial charge in [0.1, 0.15) is 5.82 Å². The number of rotatable bonds is 7. The first-order valence-corrected chi connectivity index (χ1v) is 8.85. The Morgan fingerprint density at radius 3 is 2.61 bits per heavy atom. The molecule has 7 heteroatoms. The Morgan fingerprint density at radius 1 is 1.18 bits per heavy atom. The van der Waals surface area contributed by atoms with Gasteiger partial charge in [0.2, 0.25) is 5.88 Å². The number of anilines is 1. The number of amides is 1. The Hall–Kier alpha value is -3.45. The molecule has 7 nitrogen and oxygen atoms in total. The summed E-state index contributed by atoms with van der Waals surface area (Å²) in [6, 6.07) is 14.0. The van der Waals surface area contributed by atoms with Crippen molar-refractivity contribution < 1.29 is 14.6 Å². The van der Waals surface area contributed by atoms with Crippen LogP contribution in [0.2, 0.25) is 0 Å². The first kappa shape index (κ1) is 19.3. The molecule has 1 aromatic carbocycles. The van der Waals surface area contributed by atoms with Gasteiger partial charge in [0.25, 0.3) is 5.91 Å². The summed E-state index contributed by atoms with van der Waals surface area (Å²) >= 11 is 0. The van der Waals surface area contributed by atoms with Crippen LogP contribution in [0, 0.1) is 0 Å². The predicted molar refractivity (Wildman–Crippen MR) is 107 cm³/mol. The maximum absolute atomic E-state index is 12.5. The second-order valence-corrected chi connectivity index (χ2v) is 6.20. The number of carbonyl (C=O) groups excluding carboxylic acids is 1. The molecule has 1 amide bonds. The van der Waals surface area contributed by atoms with Crippen LogP contribution in [0.5, 0.6) is 5.88 Å². The fraction of sp³-hybridized carbons (Fsp3) is 0.190. The van der Waals surface area contributed by atoms with Gasteiger partial charge < -0.3 is 20.9 Å². The topological polar surface area (TPSA) is 110 Å². The first-order valence-electron chi connectivity index (χ1n) is 8.85. The fourth-order valence-corrected chi connectivity index (χ4v) is 2.86. The third-order valence-corrected chi connectivity index (χ3v) is 4.36. The molecule has 0 fully saturated rings. The SMILES string of the molecule is COc1ccc(-c2cc(C(CCO)NC(=O)c3ccccc3)cnc2N)cn1. The summed E-state index contributed by atoms with van der Waals surface area (Å²) in [5.41, 5.74) is 8.83. The third-order valence-electron chi connectivity index (χ3n) is 4.36. The van der Waals surface area contributed by atoms with E-state index in [0.29, 0.717) is 29.2 Å². The first-order chi connectivity index (χ1) is 13.6. The van der Waals surface area contributed by atoms with Crippen molar-refractivity contribution in [3.63, 3.8) is 0 Å². The van der Waals surface area contributed by atoms with Crippen LogP contribution < -0.4 is 15.8 Å². The number of benzene rings is 1. The molecule has 144 valence electrons. The van der Waals surface area contributed by atoms with Crippen molar-refractivity contribution in [3.8, 4) is 17.0 Å². The normalized spacial score (nSPS) is 11.6. The van der Waals surface area contributed by atoms with E-state index >= 15 is 0 Å². The van der Waals surface area contributed by atoms with Gasteiger partial charge >= 0.3 is 0 Å². The van der Waals surface area contributed by atoms with Crippen LogP contribution in [0.1, 0.15) is 28.4 Å². The maximum Gasteiger partial charge on any atom is 0.251 e. The highest BCUT2D eigenvalue weighted by Crippen LogP contribution is 2.28. The van der Waals surface area contributed by atoms with Crippen molar-refractivity contribution in [2.75, 3.05) is 19.5 Å². The molecule has 4 N–H and O–H groups in total. The summed E-state index contributed by atoms with van der Waals surface area (Å²) in [5, 5.41) is 12.4. The second kappa shape index (κ2) is 8.96. The number of aliphatic hydroxyl groups excluding tert-OH is 1. The molecule has 0 radical (unpaired) electrons. The van der Waals surface area contributed by atoms with Crippen molar-refractivity contribution in [1.82, 2.24) is 15.3 Å². The number of aromatic nitrogens is 2. The molecular formula is C21H22N4O3. The van der Waals surface area contributed by atoms with Crippen LogP contribution in [-0.2, 0) is 0 Å². The van der Waals surface area contributed by atoms with Gasteiger partial charge in [0.05, 0.1) is 13.2 Å². The summed E-state index contributed by atoms with van der Waals surface area (Å²) in [6.45, 7) is -0.0798. The van der Waals surface area contributed by atoms with Gasteiger partial charge in [-0.05, 0) is 36.2 Å². The number of hydrogen-bond acceptors (Lipinski definition) is 6. The zero-order chi connectivity index (χ0) is 19.9. The van der Waals surface area contributed by atoms with Crippen molar-refractivity contribution in [3.05, 3.63) is 72.1 Å². The largest absolute Gasteiger partial charge is 0.481 e. The maximum atomic E-state index is 12.5. The quantitative estimate of drug-likeness (QED) is 0.583.